The predicted octanol–water partition coefficient (Wildman–Crippen LogP) is 1.29. The van der Waals surface area contributed by atoms with Gasteiger partial charge in [0.25, 0.3) is 5.56 Å². The lowest BCUT2D eigenvalue weighted by molar-refractivity contribution is 0.243. The third-order valence-corrected chi connectivity index (χ3v) is 2.41. The van der Waals surface area contributed by atoms with Crippen LogP contribution in [0, 0.1) is 6.92 Å². The van der Waals surface area contributed by atoms with Crippen LogP contribution < -0.4 is 5.56 Å². The van der Waals surface area contributed by atoms with E-state index in [1.165, 1.54) is 0 Å². The summed E-state index contributed by atoms with van der Waals surface area (Å²) in [5.41, 5.74) is 0.681. The Labute approximate surface area is 92.8 Å². The highest BCUT2D eigenvalue weighted by Gasteiger charge is 2.04. The maximum atomic E-state index is 11.7. The van der Waals surface area contributed by atoms with Gasteiger partial charge in [0, 0.05) is 11.8 Å². The van der Waals surface area contributed by atoms with Crippen LogP contribution in [-0.2, 0) is 13.2 Å². The van der Waals surface area contributed by atoms with E-state index in [1.54, 1.807) is 35.9 Å². The summed E-state index contributed by atoms with van der Waals surface area (Å²) < 4.78 is 6.90. The number of rotatable bonds is 3. The molecule has 2 heterocycles. The van der Waals surface area contributed by atoms with Gasteiger partial charge >= 0.3 is 0 Å². The first kappa shape index (κ1) is 10.7. The summed E-state index contributed by atoms with van der Waals surface area (Å²) in [5, 5.41) is 8.85. The molecule has 1 N–H and O–H groups in total. The van der Waals surface area contributed by atoms with Gasteiger partial charge in [-0.1, -0.05) is 6.07 Å². The Balaban J connectivity index is 2.27. The molecular weight excluding hydrogens is 206 g/mol. The fourth-order valence-corrected chi connectivity index (χ4v) is 1.54. The maximum absolute atomic E-state index is 11.7. The van der Waals surface area contributed by atoms with Gasteiger partial charge in [-0.2, -0.15) is 0 Å². The summed E-state index contributed by atoms with van der Waals surface area (Å²) in [7, 11) is 0. The lowest BCUT2D eigenvalue weighted by Gasteiger charge is -2.03. The Hall–Kier alpha value is -1.81. The van der Waals surface area contributed by atoms with E-state index in [1.807, 2.05) is 6.07 Å². The largest absolute Gasteiger partial charge is 0.462 e. The average molecular weight is 219 g/mol. The van der Waals surface area contributed by atoms with E-state index in [-0.39, 0.29) is 12.2 Å². The normalized spacial score (nSPS) is 10.6. The summed E-state index contributed by atoms with van der Waals surface area (Å²) in [4.78, 5) is 11.7. The summed E-state index contributed by atoms with van der Waals surface area (Å²) in [6, 6.07) is 7.07. The van der Waals surface area contributed by atoms with Crippen LogP contribution in [0.3, 0.4) is 0 Å². The predicted molar refractivity (Wildman–Crippen MR) is 59.2 cm³/mol. The molecule has 4 nitrogen and oxygen atoms in total. The second-order valence-corrected chi connectivity index (χ2v) is 3.65. The lowest BCUT2D eigenvalue weighted by Crippen LogP contribution is -2.21. The molecule has 0 aromatic carbocycles. The molecule has 2 aromatic rings. The minimum atomic E-state index is -0.122. The van der Waals surface area contributed by atoms with Crippen LogP contribution in [0.25, 0.3) is 0 Å². The molecule has 0 radical (unpaired) electrons. The van der Waals surface area contributed by atoms with Crippen LogP contribution in [0.2, 0.25) is 0 Å². The van der Waals surface area contributed by atoms with Gasteiger partial charge in [0.2, 0.25) is 0 Å². The highest BCUT2D eigenvalue weighted by molar-refractivity contribution is 5.11. The third-order valence-electron chi connectivity index (χ3n) is 2.41. The fourth-order valence-electron chi connectivity index (χ4n) is 1.54. The highest BCUT2D eigenvalue weighted by atomic mass is 16.4. The van der Waals surface area contributed by atoms with E-state index in [2.05, 4.69) is 0 Å². The fraction of sp³-hybridized carbons (Fsp3) is 0.250. The quantitative estimate of drug-likeness (QED) is 0.846. The van der Waals surface area contributed by atoms with E-state index in [0.717, 1.165) is 0 Å². The summed E-state index contributed by atoms with van der Waals surface area (Å²) in [5.74, 6) is 1.17. The van der Waals surface area contributed by atoms with E-state index in [4.69, 9.17) is 9.52 Å². The van der Waals surface area contributed by atoms with Crippen molar-refractivity contribution < 1.29 is 9.52 Å². The van der Waals surface area contributed by atoms with Crippen molar-refractivity contribution in [1.82, 2.24) is 4.57 Å². The van der Waals surface area contributed by atoms with Crippen molar-refractivity contribution in [3.63, 3.8) is 0 Å². The SMILES string of the molecule is Cc1cccn(Cc2ccc(CO)o2)c1=O. The van der Waals surface area contributed by atoms with Gasteiger partial charge in [-0.3, -0.25) is 4.79 Å². The molecule has 0 saturated carbocycles. The number of aliphatic hydroxyl groups is 1. The van der Waals surface area contributed by atoms with Crippen molar-refractivity contribution in [1.29, 1.82) is 0 Å². The second kappa shape index (κ2) is 4.37. The van der Waals surface area contributed by atoms with E-state index < -0.39 is 0 Å². The van der Waals surface area contributed by atoms with Crippen LogP contribution in [0.1, 0.15) is 17.1 Å². The number of nitrogens with zero attached hydrogens (tertiary/aromatic N) is 1. The van der Waals surface area contributed by atoms with Crippen LogP contribution in [0.5, 0.6) is 0 Å². The summed E-state index contributed by atoms with van der Waals surface area (Å²) in [6.45, 7) is 2.04. The Morgan fingerprint density at radius 3 is 2.75 bits per heavy atom. The van der Waals surface area contributed by atoms with Crippen molar-refractivity contribution in [3.05, 3.63) is 57.9 Å². The van der Waals surface area contributed by atoms with Gasteiger partial charge in [-0.05, 0) is 25.1 Å². The van der Waals surface area contributed by atoms with Crippen LogP contribution >= 0.6 is 0 Å². The molecule has 0 aliphatic carbocycles. The molecule has 0 fully saturated rings. The van der Waals surface area contributed by atoms with Gasteiger partial charge in [-0.25, -0.2) is 0 Å². The molecule has 4 heteroatoms. The second-order valence-electron chi connectivity index (χ2n) is 3.65. The average Bonchev–Trinajstić information content (AvgIpc) is 2.73. The number of furan rings is 1. The van der Waals surface area contributed by atoms with E-state index in [0.29, 0.717) is 23.6 Å². The van der Waals surface area contributed by atoms with Crippen LogP contribution in [0.15, 0.2) is 39.7 Å². The number of aromatic nitrogens is 1. The standard InChI is InChI=1S/C12H13NO3/c1-9-3-2-6-13(12(9)15)7-10-4-5-11(8-14)16-10/h2-6,14H,7-8H2,1H3. The van der Waals surface area contributed by atoms with E-state index in [9.17, 15) is 4.79 Å². The molecule has 0 bridgehead atoms. The van der Waals surface area contributed by atoms with Crippen molar-refractivity contribution in [3.8, 4) is 0 Å². The van der Waals surface area contributed by atoms with Crippen molar-refractivity contribution in [2.45, 2.75) is 20.1 Å². The molecule has 0 amide bonds. The summed E-state index contributed by atoms with van der Waals surface area (Å²) in [6.07, 6.45) is 1.72. The first-order valence-electron chi connectivity index (χ1n) is 5.05. The Bertz CT molecular complexity index is 539. The van der Waals surface area contributed by atoms with Crippen LogP contribution in [0.4, 0.5) is 0 Å². The Morgan fingerprint density at radius 2 is 2.06 bits per heavy atom. The number of hydrogen-bond donors (Lipinski definition) is 1. The molecular formula is C12H13NO3. The molecule has 0 saturated heterocycles. The van der Waals surface area contributed by atoms with Crippen molar-refractivity contribution in [2.75, 3.05) is 0 Å². The lowest BCUT2D eigenvalue weighted by atomic mass is 10.3. The van der Waals surface area contributed by atoms with Crippen molar-refractivity contribution >= 4 is 0 Å². The molecule has 2 aromatic heterocycles. The highest BCUT2D eigenvalue weighted by Crippen LogP contribution is 2.08. The van der Waals surface area contributed by atoms with Crippen molar-refractivity contribution in [2.24, 2.45) is 0 Å². The van der Waals surface area contributed by atoms with Gasteiger partial charge in [0.15, 0.2) is 0 Å². The zero-order valence-electron chi connectivity index (χ0n) is 9.01. The van der Waals surface area contributed by atoms with Gasteiger partial charge < -0.3 is 14.1 Å². The molecule has 84 valence electrons. The third kappa shape index (κ3) is 2.06. The monoisotopic (exact) mass is 219 g/mol. The first-order valence-corrected chi connectivity index (χ1v) is 5.05. The molecule has 0 spiro atoms. The topological polar surface area (TPSA) is 55.4 Å². The molecule has 0 aliphatic rings. The smallest absolute Gasteiger partial charge is 0.253 e. The first-order chi connectivity index (χ1) is 7.70. The van der Waals surface area contributed by atoms with Gasteiger partial charge in [-0.15, -0.1) is 0 Å². The molecule has 2 rings (SSSR count). The van der Waals surface area contributed by atoms with Crippen LogP contribution in [-0.4, -0.2) is 9.67 Å². The molecule has 16 heavy (non-hydrogen) atoms. The molecule has 0 unspecified atom stereocenters. The number of pyridine rings is 1. The minimum Gasteiger partial charge on any atom is -0.462 e. The number of hydrogen-bond acceptors (Lipinski definition) is 3. The summed E-state index contributed by atoms with van der Waals surface area (Å²) >= 11 is 0. The Kier molecular flexibility index (Phi) is 2.92. The van der Waals surface area contributed by atoms with E-state index >= 15 is 0 Å². The van der Waals surface area contributed by atoms with Gasteiger partial charge in [0.1, 0.15) is 18.1 Å². The molecule has 0 atom stereocenters. The maximum Gasteiger partial charge on any atom is 0.253 e. The molecule has 0 aliphatic heterocycles. The zero-order chi connectivity index (χ0) is 11.5. The van der Waals surface area contributed by atoms with Gasteiger partial charge in [0.05, 0.1) is 6.54 Å². The zero-order valence-corrected chi connectivity index (χ0v) is 9.01. The minimum absolute atomic E-state index is 0.0237. The number of aryl methyl sites for hydroxylation is 1. The Morgan fingerprint density at radius 1 is 1.31 bits per heavy atom. The number of aliphatic hydroxyl groups excluding tert-OH is 1.